The number of carbonyl (C=O) groups excluding carboxylic acids is 1. The molecule has 1 fully saturated rings. The molecule has 6 heteroatoms. The van der Waals surface area contributed by atoms with Gasteiger partial charge in [0.05, 0.1) is 0 Å². The van der Waals surface area contributed by atoms with E-state index in [9.17, 15) is 4.79 Å². The van der Waals surface area contributed by atoms with E-state index < -0.39 is 0 Å². The fraction of sp³-hybridized carbons (Fsp3) is 0.318. The molecule has 5 nitrogen and oxygen atoms in total. The maximum Gasteiger partial charge on any atom is 0.257 e. The lowest BCUT2D eigenvalue weighted by atomic mass is 10.1. The molecule has 28 heavy (non-hydrogen) atoms. The van der Waals surface area contributed by atoms with Gasteiger partial charge >= 0.3 is 0 Å². The lowest BCUT2D eigenvalue weighted by molar-refractivity contribution is -0.127. The molecular weight excluding hydrogens is 374 g/mol. The molecule has 1 unspecified atom stereocenters. The van der Waals surface area contributed by atoms with Gasteiger partial charge in [-0.25, -0.2) is 0 Å². The van der Waals surface area contributed by atoms with Crippen LogP contribution in [0.2, 0.25) is 5.02 Å². The smallest absolute Gasteiger partial charge is 0.257 e. The first-order valence-electron chi connectivity index (χ1n) is 9.57. The average Bonchev–Trinajstić information content (AvgIpc) is 3.35. The number of hydrogen-bond donors (Lipinski definition) is 0. The number of halogens is 1. The van der Waals surface area contributed by atoms with Crippen molar-refractivity contribution in [2.75, 3.05) is 13.1 Å². The summed E-state index contributed by atoms with van der Waals surface area (Å²) in [5, 5.41) is 4.86. The van der Waals surface area contributed by atoms with Gasteiger partial charge in [0.1, 0.15) is 0 Å². The van der Waals surface area contributed by atoms with Crippen LogP contribution >= 0.6 is 11.6 Å². The van der Waals surface area contributed by atoms with Gasteiger partial charge in [-0.1, -0.05) is 47.9 Å². The number of nitrogens with zero attached hydrogens (tertiary/aromatic N) is 3. The molecule has 1 aliphatic heterocycles. The third-order valence-corrected chi connectivity index (χ3v) is 5.47. The van der Waals surface area contributed by atoms with Crippen molar-refractivity contribution in [2.24, 2.45) is 0 Å². The minimum atomic E-state index is -0.0230. The predicted molar refractivity (Wildman–Crippen MR) is 108 cm³/mol. The summed E-state index contributed by atoms with van der Waals surface area (Å²) in [6.07, 6.45) is 2.22. The van der Waals surface area contributed by atoms with E-state index in [2.05, 4.69) is 29.2 Å². The zero-order valence-electron chi connectivity index (χ0n) is 15.8. The van der Waals surface area contributed by atoms with Crippen molar-refractivity contribution in [3.63, 3.8) is 0 Å². The van der Waals surface area contributed by atoms with Crippen LogP contribution in [0.25, 0.3) is 11.5 Å². The zero-order valence-corrected chi connectivity index (χ0v) is 16.5. The van der Waals surface area contributed by atoms with Crippen LogP contribution in [0.4, 0.5) is 0 Å². The molecule has 2 heterocycles. The number of carbonyl (C=O) groups is 1. The number of rotatable bonds is 6. The lowest BCUT2D eigenvalue weighted by Crippen LogP contribution is -2.27. The molecule has 4 rings (SSSR count). The Morgan fingerprint density at radius 1 is 1.11 bits per heavy atom. The van der Waals surface area contributed by atoms with Crippen molar-refractivity contribution in [1.29, 1.82) is 0 Å². The highest BCUT2D eigenvalue weighted by Gasteiger charge is 2.33. The molecule has 1 saturated heterocycles. The van der Waals surface area contributed by atoms with Gasteiger partial charge in [0.2, 0.25) is 5.91 Å². The first-order chi connectivity index (χ1) is 13.6. The van der Waals surface area contributed by atoms with E-state index in [0.717, 1.165) is 29.0 Å². The monoisotopic (exact) mass is 395 g/mol. The van der Waals surface area contributed by atoms with E-state index in [4.69, 9.17) is 16.1 Å². The summed E-state index contributed by atoms with van der Waals surface area (Å²) in [7, 11) is 0. The highest BCUT2D eigenvalue weighted by atomic mass is 35.5. The Morgan fingerprint density at radius 3 is 2.54 bits per heavy atom. The van der Waals surface area contributed by atoms with Crippen molar-refractivity contribution < 1.29 is 9.32 Å². The Labute approximate surface area is 169 Å². The van der Waals surface area contributed by atoms with Crippen LogP contribution in [0, 0.1) is 0 Å². The number of likely N-dealkylation sites (tertiary alicyclic amines) is 1. The Bertz CT molecular complexity index is 951. The van der Waals surface area contributed by atoms with Gasteiger partial charge in [0.15, 0.2) is 5.82 Å². The molecule has 0 spiro atoms. The number of benzene rings is 2. The van der Waals surface area contributed by atoms with Crippen molar-refractivity contribution in [3.8, 4) is 11.5 Å². The van der Waals surface area contributed by atoms with Crippen molar-refractivity contribution in [3.05, 3.63) is 70.5 Å². The molecule has 0 N–H and O–H groups in total. The number of amides is 1. The normalized spacial score (nSPS) is 16.7. The van der Waals surface area contributed by atoms with Gasteiger partial charge in [-0.2, -0.15) is 4.98 Å². The summed E-state index contributed by atoms with van der Waals surface area (Å²) in [4.78, 5) is 18.8. The van der Waals surface area contributed by atoms with Gasteiger partial charge in [-0.05, 0) is 48.2 Å². The molecule has 1 aromatic heterocycles. The number of aromatic nitrogens is 2. The fourth-order valence-corrected chi connectivity index (χ4v) is 3.60. The van der Waals surface area contributed by atoms with Crippen molar-refractivity contribution in [1.82, 2.24) is 15.0 Å². The second-order valence-electron chi connectivity index (χ2n) is 7.13. The zero-order chi connectivity index (χ0) is 19.5. The Balaban J connectivity index is 1.39. The Hall–Kier alpha value is -2.66. The van der Waals surface area contributed by atoms with Crippen LogP contribution in [-0.4, -0.2) is 34.0 Å². The molecule has 0 radical (unpaired) electrons. The molecule has 0 aliphatic carbocycles. The van der Waals surface area contributed by atoms with E-state index >= 15 is 0 Å². The average molecular weight is 396 g/mol. The van der Waals surface area contributed by atoms with E-state index in [1.165, 1.54) is 5.56 Å². The van der Waals surface area contributed by atoms with Gasteiger partial charge in [0, 0.05) is 36.0 Å². The topological polar surface area (TPSA) is 59.2 Å². The molecule has 1 amide bonds. The third-order valence-electron chi connectivity index (χ3n) is 5.21. The summed E-state index contributed by atoms with van der Waals surface area (Å²) < 4.78 is 5.44. The highest BCUT2D eigenvalue weighted by Crippen LogP contribution is 2.28. The van der Waals surface area contributed by atoms with Crippen LogP contribution in [0.15, 0.2) is 53.1 Å². The molecule has 2 aromatic carbocycles. The number of aryl methyl sites for hydroxylation is 1. The largest absolute Gasteiger partial charge is 0.342 e. The lowest BCUT2D eigenvalue weighted by Gasteiger charge is -2.15. The van der Waals surface area contributed by atoms with Crippen LogP contribution in [0.5, 0.6) is 0 Å². The Kier molecular flexibility index (Phi) is 5.44. The summed E-state index contributed by atoms with van der Waals surface area (Å²) in [6, 6.07) is 15.9. The quantitative estimate of drug-likeness (QED) is 0.616. The summed E-state index contributed by atoms with van der Waals surface area (Å²) in [6.45, 7) is 3.43. The van der Waals surface area contributed by atoms with Crippen molar-refractivity contribution in [2.45, 2.75) is 32.1 Å². The van der Waals surface area contributed by atoms with E-state index in [-0.39, 0.29) is 11.8 Å². The van der Waals surface area contributed by atoms with Gasteiger partial charge < -0.3 is 9.42 Å². The summed E-state index contributed by atoms with van der Waals surface area (Å²) >= 11 is 5.92. The molecule has 3 aromatic rings. The maximum absolute atomic E-state index is 12.4. The molecular formula is C22H22ClN3O2. The van der Waals surface area contributed by atoms with E-state index in [0.29, 0.717) is 31.2 Å². The minimum Gasteiger partial charge on any atom is -0.342 e. The number of hydrogen-bond acceptors (Lipinski definition) is 4. The second kappa shape index (κ2) is 8.15. The van der Waals surface area contributed by atoms with Crippen LogP contribution in [0.3, 0.4) is 0 Å². The van der Waals surface area contributed by atoms with Gasteiger partial charge in [-0.15, -0.1) is 0 Å². The summed E-state index contributed by atoms with van der Waals surface area (Å²) in [5.74, 6) is 1.23. The molecule has 0 saturated carbocycles. The SMILES string of the molecule is CCc1ccc(-c2nc(C3CC(=O)N(CCc4ccc(Cl)cc4)C3)no2)cc1. The maximum atomic E-state index is 12.4. The predicted octanol–water partition coefficient (Wildman–Crippen LogP) is 4.51. The van der Waals surface area contributed by atoms with Gasteiger partial charge in [0.25, 0.3) is 5.89 Å². The fourth-order valence-electron chi connectivity index (χ4n) is 3.48. The first-order valence-corrected chi connectivity index (χ1v) is 9.95. The van der Waals surface area contributed by atoms with E-state index in [1.54, 1.807) is 0 Å². The summed E-state index contributed by atoms with van der Waals surface area (Å²) in [5.41, 5.74) is 3.33. The third kappa shape index (κ3) is 4.09. The minimum absolute atomic E-state index is 0.0230. The molecule has 0 bridgehead atoms. The first kappa shape index (κ1) is 18.7. The van der Waals surface area contributed by atoms with Crippen LogP contribution in [-0.2, 0) is 17.6 Å². The molecule has 1 atom stereocenters. The second-order valence-corrected chi connectivity index (χ2v) is 7.56. The van der Waals surface area contributed by atoms with Crippen LogP contribution in [0.1, 0.15) is 36.2 Å². The van der Waals surface area contributed by atoms with E-state index in [1.807, 2.05) is 41.3 Å². The highest BCUT2D eigenvalue weighted by molar-refractivity contribution is 6.30. The standard InChI is InChI=1S/C22H22ClN3O2/c1-2-15-3-7-17(8-4-15)22-24-21(25-28-22)18-13-20(27)26(14-18)12-11-16-5-9-19(23)10-6-16/h3-10,18H,2,11-14H2,1H3. The van der Waals surface area contributed by atoms with Crippen LogP contribution < -0.4 is 0 Å². The molecule has 1 aliphatic rings. The van der Waals surface area contributed by atoms with Crippen molar-refractivity contribution >= 4 is 17.5 Å². The Morgan fingerprint density at radius 2 is 1.82 bits per heavy atom. The van der Waals surface area contributed by atoms with Gasteiger partial charge in [-0.3, -0.25) is 4.79 Å². The molecule has 144 valence electrons.